The molecule has 2 aliphatic rings. The fraction of sp³-hybridized carbons (Fsp3) is 0.375. The molecule has 2 aromatic rings. The molecule has 0 bridgehead atoms. The molecule has 0 spiro atoms. The lowest BCUT2D eigenvalue weighted by Gasteiger charge is -2.35. The Morgan fingerprint density at radius 3 is 2.10 bits per heavy atom. The number of carbonyl (C=O) groups is 3. The second-order valence-corrected chi connectivity index (χ2v) is 8.11. The quantitative estimate of drug-likeness (QED) is 0.728. The summed E-state index contributed by atoms with van der Waals surface area (Å²) >= 11 is 0. The molecule has 0 atom stereocenters. The van der Waals surface area contributed by atoms with Crippen molar-refractivity contribution in [3.8, 4) is 0 Å². The van der Waals surface area contributed by atoms with Crippen LogP contribution in [0.15, 0.2) is 48.5 Å². The van der Waals surface area contributed by atoms with Crippen LogP contribution in [0, 0.1) is 0 Å². The topological polar surface area (TPSA) is 73.0 Å². The molecule has 0 radical (unpaired) electrons. The summed E-state index contributed by atoms with van der Waals surface area (Å²) in [6.07, 6.45) is 1.50. The lowest BCUT2D eigenvalue weighted by molar-refractivity contribution is -0.118. The highest BCUT2D eigenvalue weighted by atomic mass is 16.2. The minimum absolute atomic E-state index is 0.0377. The number of anilines is 3. The first-order chi connectivity index (χ1) is 15.0. The van der Waals surface area contributed by atoms with Crippen molar-refractivity contribution in [2.75, 3.05) is 54.4 Å². The van der Waals surface area contributed by atoms with Gasteiger partial charge in [-0.3, -0.25) is 19.3 Å². The van der Waals surface area contributed by atoms with E-state index >= 15 is 0 Å². The number of nitrogens with one attached hydrogen (secondary N) is 1. The average molecular weight is 421 g/mol. The van der Waals surface area contributed by atoms with Gasteiger partial charge < -0.3 is 15.1 Å². The summed E-state index contributed by atoms with van der Waals surface area (Å²) in [4.78, 5) is 41.9. The van der Waals surface area contributed by atoms with Gasteiger partial charge in [-0.15, -0.1) is 0 Å². The molecule has 2 aromatic carbocycles. The number of hydrogen-bond acceptors (Lipinski definition) is 5. The standard InChI is InChI=1S/C24H28N4O3/c1-18(29)19-4-8-21(9-5-19)27-15-13-26(14-16-27)17-23(30)25-20-6-10-22(11-7-20)28-12-2-3-24(28)31/h4-11H,2-3,12-17H2,1H3,(H,25,30). The van der Waals surface area contributed by atoms with Crippen molar-refractivity contribution in [3.63, 3.8) is 0 Å². The minimum atomic E-state index is -0.0377. The van der Waals surface area contributed by atoms with Gasteiger partial charge in [0.25, 0.3) is 0 Å². The maximum Gasteiger partial charge on any atom is 0.238 e. The molecule has 7 heteroatoms. The molecule has 2 amide bonds. The number of Topliss-reactive ketones (excluding diaryl/α,β-unsaturated/α-hetero) is 1. The molecule has 1 N–H and O–H groups in total. The minimum Gasteiger partial charge on any atom is -0.369 e. The molecule has 7 nitrogen and oxygen atoms in total. The van der Waals surface area contributed by atoms with Crippen molar-refractivity contribution >= 4 is 34.7 Å². The molecule has 0 saturated carbocycles. The van der Waals surface area contributed by atoms with Crippen LogP contribution in [0.2, 0.25) is 0 Å². The third-order valence-corrected chi connectivity index (χ3v) is 5.91. The van der Waals surface area contributed by atoms with Crippen LogP contribution in [0.5, 0.6) is 0 Å². The Labute approximate surface area is 182 Å². The zero-order chi connectivity index (χ0) is 21.8. The van der Waals surface area contributed by atoms with Crippen molar-refractivity contribution < 1.29 is 14.4 Å². The van der Waals surface area contributed by atoms with E-state index in [4.69, 9.17) is 0 Å². The monoisotopic (exact) mass is 420 g/mol. The summed E-state index contributed by atoms with van der Waals surface area (Å²) in [5.74, 6) is 0.191. The van der Waals surface area contributed by atoms with E-state index in [2.05, 4.69) is 15.1 Å². The number of ketones is 1. The van der Waals surface area contributed by atoms with Gasteiger partial charge in [-0.05, 0) is 61.9 Å². The Morgan fingerprint density at radius 1 is 0.871 bits per heavy atom. The Hall–Kier alpha value is -3.19. The first-order valence-electron chi connectivity index (χ1n) is 10.8. The first kappa shape index (κ1) is 21.1. The first-order valence-corrected chi connectivity index (χ1v) is 10.8. The van der Waals surface area contributed by atoms with Crippen molar-refractivity contribution in [1.29, 1.82) is 0 Å². The molecule has 2 fully saturated rings. The van der Waals surface area contributed by atoms with Gasteiger partial charge in [0, 0.05) is 61.8 Å². The highest BCUT2D eigenvalue weighted by Crippen LogP contribution is 2.23. The Kier molecular flexibility index (Phi) is 6.32. The summed E-state index contributed by atoms with van der Waals surface area (Å²) in [5, 5.41) is 2.95. The fourth-order valence-electron chi connectivity index (χ4n) is 4.12. The molecule has 2 heterocycles. The van der Waals surface area contributed by atoms with Crippen molar-refractivity contribution in [1.82, 2.24) is 4.90 Å². The number of carbonyl (C=O) groups excluding carboxylic acids is 3. The predicted molar refractivity (Wildman–Crippen MR) is 122 cm³/mol. The summed E-state index contributed by atoms with van der Waals surface area (Å²) < 4.78 is 0. The van der Waals surface area contributed by atoms with Crippen molar-refractivity contribution in [2.45, 2.75) is 19.8 Å². The van der Waals surface area contributed by atoms with E-state index in [0.717, 1.165) is 61.8 Å². The summed E-state index contributed by atoms with van der Waals surface area (Å²) in [5.41, 5.74) is 3.45. The van der Waals surface area contributed by atoms with E-state index in [0.29, 0.717) is 13.0 Å². The lowest BCUT2D eigenvalue weighted by atomic mass is 10.1. The van der Waals surface area contributed by atoms with Crippen LogP contribution in [-0.4, -0.2) is 61.8 Å². The number of rotatable bonds is 6. The van der Waals surface area contributed by atoms with E-state index in [1.54, 1.807) is 11.8 Å². The second kappa shape index (κ2) is 9.31. The maximum absolute atomic E-state index is 12.5. The normalized spacial score (nSPS) is 17.1. The number of nitrogens with zero attached hydrogens (tertiary/aromatic N) is 3. The van der Waals surface area contributed by atoms with E-state index in [1.807, 2.05) is 48.5 Å². The zero-order valence-electron chi connectivity index (χ0n) is 17.8. The van der Waals surface area contributed by atoms with Crippen molar-refractivity contribution in [2.24, 2.45) is 0 Å². The van der Waals surface area contributed by atoms with Gasteiger partial charge in [0.1, 0.15) is 0 Å². The molecule has 31 heavy (non-hydrogen) atoms. The van der Waals surface area contributed by atoms with E-state index in [-0.39, 0.29) is 17.6 Å². The number of amides is 2. The highest BCUT2D eigenvalue weighted by Gasteiger charge is 2.22. The van der Waals surface area contributed by atoms with Crippen LogP contribution in [0.25, 0.3) is 0 Å². The molecule has 2 aliphatic heterocycles. The molecule has 4 rings (SSSR count). The average Bonchev–Trinajstić information content (AvgIpc) is 3.21. The maximum atomic E-state index is 12.5. The van der Waals surface area contributed by atoms with Crippen LogP contribution in [-0.2, 0) is 9.59 Å². The number of piperazine rings is 1. The van der Waals surface area contributed by atoms with Gasteiger partial charge in [-0.25, -0.2) is 0 Å². The van der Waals surface area contributed by atoms with Crippen LogP contribution in [0.4, 0.5) is 17.1 Å². The third-order valence-electron chi connectivity index (χ3n) is 5.91. The highest BCUT2D eigenvalue weighted by molar-refractivity contribution is 5.96. The zero-order valence-corrected chi connectivity index (χ0v) is 17.8. The van der Waals surface area contributed by atoms with Crippen LogP contribution >= 0.6 is 0 Å². The summed E-state index contributed by atoms with van der Waals surface area (Å²) in [7, 11) is 0. The van der Waals surface area contributed by atoms with Crippen molar-refractivity contribution in [3.05, 3.63) is 54.1 Å². The Balaban J connectivity index is 1.24. The van der Waals surface area contributed by atoms with Gasteiger partial charge in [-0.1, -0.05) is 0 Å². The van der Waals surface area contributed by atoms with E-state index < -0.39 is 0 Å². The largest absolute Gasteiger partial charge is 0.369 e. The molecular weight excluding hydrogens is 392 g/mol. The number of benzene rings is 2. The van der Waals surface area contributed by atoms with Gasteiger partial charge in [0.2, 0.25) is 11.8 Å². The van der Waals surface area contributed by atoms with Gasteiger partial charge in [-0.2, -0.15) is 0 Å². The molecule has 0 unspecified atom stereocenters. The molecule has 162 valence electrons. The second-order valence-electron chi connectivity index (χ2n) is 8.11. The van der Waals surface area contributed by atoms with Crippen LogP contribution in [0.1, 0.15) is 30.1 Å². The fourth-order valence-corrected chi connectivity index (χ4v) is 4.12. The van der Waals surface area contributed by atoms with Crippen LogP contribution < -0.4 is 15.1 Å². The number of hydrogen-bond donors (Lipinski definition) is 1. The smallest absolute Gasteiger partial charge is 0.238 e. The van der Waals surface area contributed by atoms with E-state index in [9.17, 15) is 14.4 Å². The van der Waals surface area contributed by atoms with Gasteiger partial charge in [0.15, 0.2) is 5.78 Å². The molecular formula is C24H28N4O3. The van der Waals surface area contributed by atoms with E-state index in [1.165, 1.54) is 0 Å². The lowest BCUT2D eigenvalue weighted by Crippen LogP contribution is -2.48. The Morgan fingerprint density at radius 2 is 1.52 bits per heavy atom. The molecule has 0 aromatic heterocycles. The summed E-state index contributed by atoms with van der Waals surface area (Å²) in [6.45, 7) is 5.97. The Bertz CT molecular complexity index is 948. The predicted octanol–water partition coefficient (Wildman–Crippen LogP) is 2.78. The SMILES string of the molecule is CC(=O)c1ccc(N2CCN(CC(=O)Nc3ccc(N4CCCC4=O)cc3)CC2)cc1. The molecule has 2 saturated heterocycles. The van der Waals surface area contributed by atoms with Gasteiger partial charge in [0.05, 0.1) is 6.54 Å². The summed E-state index contributed by atoms with van der Waals surface area (Å²) in [6, 6.07) is 15.2. The third kappa shape index (κ3) is 5.11. The van der Waals surface area contributed by atoms with Crippen LogP contribution in [0.3, 0.4) is 0 Å². The molecule has 0 aliphatic carbocycles. The van der Waals surface area contributed by atoms with Gasteiger partial charge >= 0.3 is 0 Å².